The maximum atomic E-state index is 12.5. The zero-order valence-electron chi connectivity index (χ0n) is 17.6. The Morgan fingerprint density at radius 1 is 1.13 bits per heavy atom. The number of piperidine rings is 1. The highest BCUT2D eigenvalue weighted by molar-refractivity contribution is 5.79. The quantitative estimate of drug-likeness (QED) is 0.680. The predicted molar refractivity (Wildman–Crippen MR) is 117 cm³/mol. The first-order chi connectivity index (χ1) is 14.7. The number of aromatic nitrogens is 4. The second-order valence-corrected chi connectivity index (χ2v) is 7.70. The van der Waals surface area contributed by atoms with Gasteiger partial charge >= 0.3 is 0 Å². The number of nitrogens with one attached hydrogen (secondary N) is 1. The second-order valence-electron chi connectivity index (χ2n) is 7.70. The molecular weight excluding hydrogens is 376 g/mol. The Morgan fingerprint density at radius 2 is 1.90 bits per heavy atom. The second kappa shape index (κ2) is 9.15. The molecule has 0 aromatic carbocycles. The van der Waals surface area contributed by atoms with Crippen LogP contribution < -0.4 is 10.2 Å². The standard InChI is InChI=1S/C23H28N6O/c1-3-19-20(4-2)28-22-21(27-19)12-18(15-25-22)29-10-7-17(8-11-29)23(30)26-14-16-6-5-9-24-13-16/h5-6,9,12-13,15,17H,3-4,7-8,10-11,14H2,1-2H3,(H,26,30). The number of rotatable bonds is 6. The topological polar surface area (TPSA) is 83.9 Å². The van der Waals surface area contributed by atoms with Crippen LogP contribution >= 0.6 is 0 Å². The molecular formula is C23H28N6O. The van der Waals surface area contributed by atoms with Gasteiger partial charge in [0.1, 0.15) is 5.52 Å². The van der Waals surface area contributed by atoms with E-state index in [9.17, 15) is 4.79 Å². The highest BCUT2D eigenvalue weighted by Gasteiger charge is 2.25. The predicted octanol–water partition coefficient (Wildman–Crippen LogP) is 3.08. The molecule has 30 heavy (non-hydrogen) atoms. The molecule has 7 heteroatoms. The minimum atomic E-state index is 0.0462. The Bertz CT molecular complexity index is 1010. The van der Waals surface area contributed by atoms with Crippen LogP contribution in [0.5, 0.6) is 0 Å². The number of hydrogen-bond donors (Lipinski definition) is 1. The molecule has 1 amide bonds. The number of pyridine rings is 2. The lowest BCUT2D eigenvalue weighted by atomic mass is 9.95. The van der Waals surface area contributed by atoms with E-state index in [2.05, 4.69) is 45.1 Å². The Balaban J connectivity index is 1.38. The molecule has 0 spiro atoms. The third-order valence-corrected chi connectivity index (χ3v) is 5.75. The van der Waals surface area contributed by atoms with E-state index in [0.29, 0.717) is 12.2 Å². The van der Waals surface area contributed by atoms with Crippen molar-refractivity contribution in [1.82, 2.24) is 25.3 Å². The SMILES string of the molecule is CCc1nc2cc(N3CCC(C(=O)NCc4cccnc4)CC3)cnc2nc1CC. The van der Waals surface area contributed by atoms with Crippen molar-refractivity contribution in [1.29, 1.82) is 0 Å². The first kappa shape index (κ1) is 20.2. The smallest absolute Gasteiger partial charge is 0.223 e. The molecule has 0 saturated carbocycles. The minimum Gasteiger partial charge on any atom is -0.370 e. The number of carbonyl (C=O) groups is 1. The monoisotopic (exact) mass is 404 g/mol. The Morgan fingerprint density at radius 3 is 2.60 bits per heavy atom. The average molecular weight is 405 g/mol. The van der Waals surface area contributed by atoms with E-state index in [1.807, 2.05) is 18.3 Å². The normalized spacial score (nSPS) is 14.8. The van der Waals surface area contributed by atoms with Gasteiger partial charge in [-0.15, -0.1) is 0 Å². The zero-order valence-corrected chi connectivity index (χ0v) is 17.6. The van der Waals surface area contributed by atoms with Crippen molar-refractivity contribution in [3.05, 3.63) is 53.7 Å². The molecule has 0 bridgehead atoms. The van der Waals surface area contributed by atoms with E-state index in [4.69, 9.17) is 4.98 Å². The molecule has 1 aliphatic rings. The fourth-order valence-electron chi connectivity index (χ4n) is 3.98. The maximum absolute atomic E-state index is 12.5. The van der Waals surface area contributed by atoms with Crippen molar-refractivity contribution in [2.75, 3.05) is 18.0 Å². The molecule has 1 aliphatic heterocycles. The highest BCUT2D eigenvalue weighted by atomic mass is 16.1. The van der Waals surface area contributed by atoms with Crippen LogP contribution in [0.3, 0.4) is 0 Å². The van der Waals surface area contributed by atoms with Crippen molar-refractivity contribution in [3.63, 3.8) is 0 Å². The summed E-state index contributed by atoms with van der Waals surface area (Å²) < 4.78 is 0. The van der Waals surface area contributed by atoms with Crippen LogP contribution in [0, 0.1) is 5.92 Å². The van der Waals surface area contributed by atoms with Crippen molar-refractivity contribution in [2.45, 2.75) is 46.1 Å². The molecule has 4 rings (SSSR count). The van der Waals surface area contributed by atoms with Crippen molar-refractivity contribution in [2.24, 2.45) is 5.92 Å². The van der Waals surface area contributed by atoms with Gasteiger partial charge in [-0.1, -0.05) is 19.9 Å². The number of anilines is 1. The van der Waals surface area contributed by atoms with Crippen LogP contribution in [0.4, 0.5) is 5.69 Å². The molecule has 4 heterocycles. The summed E-state index contributed by atoms with van der Waals surface area (Å²) in [5, 5.41) is 3.04. The molecule has 3 aromatic heterocycles. The summed E-state index contributed by atoms with van der Waals surface area (Å²) in [5.74, 6) is 0.172. The molecule has 0 radical (unpaired) electrons. The van der Waals surface area contributed by atoms with Crippen molar-refractivity contribution in [3.8, 4) is 0 Å². The van der Waals surface area contributed by atoms with Gasteiger partial charge in [-0.05, 0) is 43.4 Å². The Hall–Kier alpha value is -3.09. The van der Waals surface area contributed by atoms with Gasteiger partial charge in [0, 0.05) is 37.9 Å². The Labute approximate surface area is 177 Å². The third kappa shape index (κ3) is 4.40. The van der Waals surface area contributed by atoms with E-state index in [-0.39, 0.29) is 11.8 Å². The fourth-order valence-corrected chi connectivity index (χ4v) is 3.98. The molecule has 1 N–H and O–H groups in total. The third-order valence-electron chi connectivity index (χ3n) is 5.75. The largest absolute Gasteiger partial charge is 0.370 e. The van der Waals surface area contributed by atoms with Crippen LogP contribution in [0.15, 0.2) is 36.8 Å². The highest BCUT2D eigenvalue weighted by Crippen LogP contribution is 2.25. The number of carbonyl (C=O) groups excluding carboxylic acids is 1. The van der Waals surface area contributed by atoms with E-state index in [0.717, 1.165) is 66.9 Å². The van der Waals surface area contributed by atoms with Crippen LogP contribution in [0.25, 0.3) is 11.2 Å². The first-order valence-corrected chi connectivity index (χ1v) is 10.7. The molecule has 0 atom stereocenters. The van der Waals surface area contributed by atoms with Gasteiger partial charge < -0.3 is 10.2 Å². The molecule has 7 nitrogen and oxygen atoms in total. The lowest BCUT2D eigenvalue weighted by molar-refractivity contribution is -0.125. The van der Waals surface area contributed by atoms with Gasteiger partial charge in [0.05, 0.1) is 23.3 Å². The number of nitrogens with zero attached hydrogens (tertiary/aromatic N) is 5. The summed E-state index contributed by atoms with van der Waals surface area (Å²) in [4.78, 5) is 33.0. The van der Waals surface area contributed by atoms with Gasteiger partial charge in [0.15, 0.2) is 5.65 Å². The summed E-state index contributed by atoms with van der Waals surface area (Å²) in [7, 11) is 0. The van der Waals surface area contributed by atoms with Gasteiger partial charge in [0.25, 0.3) is 0 Å². The van der Waals surface area contributed by atoms with E-state index in [1.165, 1.54) is 0 Å². The average Bonchev–Trinajstić information content (AvgIpc) is 2.82. The molecule has 0 aliphatic carbocycles. The molecule has 156 valence electrons. The molecule has 0 unspecified atom stereocenters. The zero-order chi connectivity index (χ0) is 20.9. The molecule has 3 aromatic rings. The lowest BCUT2D eigenvalue weighted by Gasteiger charge is -2.32. The lowest BCUT2D eigenvalue weighted by Crippen LogP contribution is -2.40. The molecule has 1 fully saturated rings. The summed E-state index contributed by atoms with van der Waals surface area (Å²) in [5.41, 5.74) is 5.70. The van der Waals surface area contributed by atoms with Crippen LogP contribution in [-0.2, 0) is 24.2 Å². The van der Waals surface area contributed by atoms with Crippen molar-refractivity contribution < 1.29 is 4.79 Å². The summed E-state index contributed by atoms with van der Waals surface area (Å²) in [6, 6.07) is 5.93. The van der Waals surface area contributed by atoms with Crippen LogP contribution in [0.2, 0.25) is 0 Å². The first-order valence-electron chi connectivity index (χ1n) is 10.7. The number of fused-ring (bicyclic) bond motifs is 1. The van der Waals surface area contributed by atoms with Gasteiger partial charge in [-0.3, -0.25) is 9.78 Å². The summed E-state index contributed by atoms with van der Waals surface area (Å²) in [6.45, 7) is 6.40. The summed E-state index contributed by atoms with van der Waals surface area (Å²) >= 11 is 0. The fraction of sp³-hybridized carbons (Fsp3) is 0.435. The van der Waals surface area contributed by atoms with Gasteiger partial charge in [-0.25, -0.2) is 15.0 Å². The maximum Gasteiger partial charge on any atom is 0.223 e. The van der Waals surface area contributed by atoms with Gasteiger partial charge in [0.2, 0.25) is 5.91 Å². The minimum absolute atomic E-state index is 0.0462. The van der Waals surface area contributed by atoms with Gasteiger partial charge in [-0.2, -0.15) is 0 Å². The van der Waals surface area contributed by atoms with Crippen LogP contribution in [-0.4, -0.2) is 38.9 Å². The van der Waals surface area contributed by atoms with E-state index >= 15 is 0 Å². The summed E-state index contributed by atoms with van der Waals surface area (Å²) in [6.07, 6.45) is 8.80. The van der Waals surface area contributed by atoms with Crippen LogP contribution in [0.1, 0.15) is 43.6 Å². The number of amides is 1. The van der Waals surface area contributed by atoms with E-state index < -0.39 is 0 Å². The van der Waals surface area contributed by atoms with Crippen molar-refractivity contribution >= 4 is 22.8 Å². The molecule has 1 saturated heterocycles. The Kier molecular flexibility index (Phi) is 6.16. The van der Waals surface area contributed by atoms with E-state index in [1.54, 1.807) is 12.4 Å². The number of aryl methyl sites for hydroxylation is 2. The number of hydrogen-bond acceptors (Lipinski definition) is 6.